The molecule has 142 valence electrons. The lowest BCUT2D eigenvalue weighted by molar-refractivity contribution is -0.124. The van der Waals surface area contributed by atoms with Crippen LogP contribution in [-0.4, -0.2) is 27.9 Å². The van der Waals surface area contributed by atoms with Crippen molar-refractivity contribution in [1.29, 1.82) is 0 Å². The first-order valence-electron chi connectivity index (χ1n) is 8.02. The van der Waals surface area contributed by atoms with Crippen LogP contribution in [0.5, 0.6) is 0 Å². The van der Waals surface area contributed by atoms with Crippen molar-refractivity contribution in [3.63, 3.8) is 0 Å². The van der Waals surface area contributed by atoms with E-state index in [1.165, 1.54) is 12.1 Å². The van der Waals surface area contributed by atoms with Gasteiger partial charge in [-0.05, 0) is 30.8 Å². The van der Waals surface area contributed by atoms with Crippen LogP contribution in [-0.2, 0) is 21.4 Å². The highest BCUT2D eigenvalue weighted by Crippen LogP contribution is 2.20. The van der Waals surface area contributed by atoms with Crippen LogP contribution < -0.4 is 15.4 Å². The van der Waals surface area contributed by atoms with Gasteiger partial charge >= 0.3 is 0 Å². The average Bonchev–Trinajstić information content (AvgIpc) is 2.61. The molecule has 0 radical (unpaired) electrons. The summed E-state index contributed by atoms with van der Waals surface area (Å²) < 4.78 is 27.5. The van der Waals surface area contributed by atoms with Gasteiger partial charge in [-0.1, -0.05) is 43.3 Å². The fraction of sp³-hybridized carbons (Fsp3) is 0.278. The number of hydrogen-bond acceptors (Lipinski definition) is 4. The van der Waals surface area contributed by atoms with E-state index in [1.54, 1.807) is 49.5 Å². The van der Waals surface area contributed by atoms with Crippen LogP contribution in [0.3, 0.4) is 0 Å². The Balaban J connectivity index is 0.00000338. The Morgan fingerprint density at radius 1 is 1.04 bits per heavy atom. The molecule has 26 heavy (non-hydrogen) atoms. The van der Waals surface area contributed by atoms with Gasteiger partial charge in [-0.25, -0.2) is 8.42 Å². The Morgan fingerprint density at radius 3 is 2.31 bits per heavy atom. The number of nitrogens with one attached hydrogen (secondary N) is 3. The van der Waals surface area contributed by atoms with E-state index in [1.807, 2.05) is 6.92 Å². The molecular weight excluding hydrogens is 374 g/mol. The van der Waals surface area contributed by atoms with Gasteiger partial charge in [0, 0.05) is 19.0 Å². The van der Waals surface area contributed by atoms with E-state index in [2.05, 4.69) is 15.4 Å². The van der Waals surface area contributed by atoms with E-state index in [0.717, 1.165) is 0 Å². The second-order valence-electron chi connectivity index (χ2n) is 5.75. The highest BCUT2D eigenvalue weighted by Gasteiger charge is 2.16. The van der Waals surface area contributed by atoms with Crippen molar-refractivity contribution in [2.45, 2.75) is 18.4 Å². The van der Waals surface area contributed by atoms with E-state index in [4.69, 9.17) is 0 Å². The van der Waals surface area contributed by atoms with Gasteiger partial charge in [-0.15, -0.1) is 12.4 Å². The van der Waals surface area contributed by atoms with Crippen molar-refractivity contribution >= 4 is 34.0 Å². The number of rotatable bonds is 8. The molecule has 1 amide bonds. The summed E-state index contributed by atoms with van der Waals surface area (Å²) in [5, 5.41) is 5.79. The highest BCUT2D eigenvalue weighted by atomic mass is 35.5. The molecule has 0 aliphatic heterocycles. The van der Waals surface area contributed by atoms with Gasteiger partial charge in [-0.2, -0.15) is 0 Å². The second-order valence-corrected chi connectivity index (χ2v) is 7.43. The summed E-state index contributed by atoms with van der Waals surface area (Å²) in [5.41, 5.74) is 1.15. The molecule has 0 saturated heterocycles. The molecule has 0 fully saturated rings. The van der Waals surface area contributed by atoms with E-state index in [0.29, 0.717) is 17.8 Å². The number of sulfonamides is 1. The quantitative estimate of drug-likeness (QED) is 0.638. The van der Waals surface area contributed by atoms with Crippen LogP contribution in [0.2, 0.25) is 0 Å². The fourth-order valence-electron chi connectivity index (χ4n) is 2.33. The van der Waals surface area contributed by atoms with Crippen molar-refractivity contribution < 1.29 is 13.2 Å². The number of hydrogen-bond donors (Lipinski definition) is 3. The van der Waals surface area contributed by atoms with E-state index < -0.39 is 10.0 Å². The van der Waals surface area contributed by atoms with Crippen LogP contribution >= 0.6 is 12.4 Å². The molecule has 0 aliphatic rings. The minimum Gasteiger partial charge on any atom is -0.352 e. The van der Waals surface area contributed by atoms with Gasteiger partial charge < -0.3 is 10.6 Å². The summed E-state index contributed by atoms with van der Waals surface area (Å²) in [6.45, 7) is 2.66. The molecule has 0 aliphatic carbocycles. The third kappa shape index (κ3) is 6.01. The zero-order chi connectivity index (χ0) is 18.3. The number of benzene rings is 2. The molecular formula is C18H24ClN3O3S. The Bertz CT molecular complexity index is 813. The maximum Gasteiger partial charge on any atom is 0.261 e. The van der Waals surface area contributed by atoms with E-state index in [-0.39, 0.29) is 35.7 Å². The number of halogens is 1. The number of carbonyl (C=O) groups excluding carboxylic acids is 1. The zero-order valence-electron chi connectivity index (χ0n) is 14.7. The predicted octanol–water partition coefficient (Wildman–Crippen LogP) is 2.38. The maximum atomic E-state index is 12.5. The first-order valence-corrected chi connectivity index (χ1v) is 9.50. The molecule has 1 atom stereocenters. The highest BCUT2D eigenvalue weighted by molar-refractivity contribution is 7.92. The largest absolute Gasteiger partial charge is 0.352 e. The summed E-state index contributed by atoms with van der Waals surface area (Å²) >= 11 is 0. The van der Waals surface area contributed by atoms with Gasteiger partial charge in [-0.3, -0.25) is 9.52 Å². The molecule has 1 unspecified atom stereocenters. The summed E-state index contributed by atoms with van der Waals surface area (Å²) in [5.74, 6) is -0.256. The minimum absolute atomic E-state index is 0. The van der Waals surface area contributed by atoms with Crippen molar-refractivity contribution in [2.75, 3.05) is 18.3 Å². The lowest BCUT2D eigenvalue weighted by Gasteiger charge is -2.15. The average molecular weight is 398 g/mol. The fourth-order valence-corrected chi connectivity index (χ4v) is 3.45. The maximum absolute atomic E-state index is 12.5. The summed E-state index contributed by atoms with van der Waals surface area (Å²) in [6, 6.07) is 15.2. The minimum atomic E-state index is -3.67. The third-order valence-electron chi connectivity index (χ3n) is 3.73. The molecule has 8 heteroatoms. The third-order valence-corrected chi connectivity index (χ3v) is 5.11. The topological polar surface area (TPSA) is 87.3 Å². The molecule has 6 nitrogen and oxygen atoms in total. The zero-order valence-corrected chi connectivity index (χ0v) is 16.4. The molecule has 3 N–H and O–H groups in total. The normalized spacial score (nSPS) is 11.9. The van der Waals surface area contributed by atoms with Crippen LogP contribution in [0.4, 0.5) is 5.69 Å². The first-order chi connectivity index (χ1) is 11.9. The Labute approximate surface area is 160 Å². The van der Waals surface area contributed by atoms with Crippen LogP contribution in [0.15, 0.2) is 59.5 Å². The molecule has 0 bridgehead atoms. The predicted molar refractivity (Wildman–Crippen MR) is 106 cm³/mol. The molecule has 2 aromatic rings. The molecule has 0 saturated carbocycles. The lowest BCUT2D eigenvalue weighted by atomic mass is 10.1. The Morgan fingerprint density at radius 2 is 1.65 bits per heavy atom. The number of amides is 1. The van der Waals surface area contributed by atoms with E-state index >= 15 is 0 Å². The smallest absolute Gasteiger partial charge is 0.261 e. The number of carbonyl (C=O) groups is 1. The van der Waals surface area contributed by atoms with Gasteiger partial charge in [0.05, 0.1) is 10.6 Å². The van der Waals surface area contributed by atoms with Gasteiger partial charge in [0.15, 0.2) is 0 Å². The standard InChI is InChI=1S/C18H23N3O3S.ClH/c1-14(12-19-2)18(22)20-13-15-8-6-7-11-17(15)21-25(23,24)16-9-4-3-5-10-16;/h3-11,14,19,21H,12-13H2,1-2H3,(H,20,22);1H. The van der Waals surface area contributed by atoms with Gasteiger partial charge in [0.25, 0.3) is 10.0 Å². The van der Waals surface area contributed by atoms with Crippen molar-refractivity contribution in [3.8, 4) is 0 Å². The van der Waals surface area contributed by atoms with Crippen molar-refractivity contribution in [3.05, 3.63) is 60.2 Å². The second kappa shape index (κ2) is 10.2. The molecule has 2 rings (SSSR count). The van der Waals surface area contributed by atoms with Gasteiger partial charge in [0.1, 0.15) is 0 Å². The summed E-state index contributed by atoms with van der Waals surface area (Å²) in [6.07, 6.45) is 0. The summed E-state index contributed by atoms with van der Waals surface area (Å²) in [4.78, 5) is 12.2. The Hall–Kier alpha value is -2.09. The molecule has 0 aromatic heterocycles. The first kappa shape index (κ1) is 22.0. The van der Waals surface area contributed by atoms with E-state index in [9.17, 15) is 13.2 Å². The SMILES string of the molecule is CNCC(C)C(=O)NCc1ccccc1NS(=O)(=O)c1ccccc1.Cl. The molecule has 0 heterocycles. The van der Waals surface area contributed by atoms with Crippen LogP contribution in [0.1, 0.15) is 12.5 Å². The molecule has 2 aromatic carbocycles. The van der Waals surface area contributed by atoms with Crippen LogP contribution in [0, 0.1) is 5.92 Å². The van der Waals surface area contributed by atoms with Crippen molar-refractivity contribution in [2.24, 2.45) is 5.92 Å². The molecule has 0 spiro atoms. The Kier molecular flexibility index (Phi) is 8.57. The van der Waals surface area contributed by atoms with Gasteiger partial charge in [0.2, 0.25) is 5.91 Å². The van der Waals surface area contributed by atoms with Crippen molar-refractivity contribution in [1.82, 2.24) is 10.6 Å². The lowest BCUT2D eigenvalue weighted by Crippen LogP contribution is -2.34. The summed E-state index contributed by atoms with van der Waals surface area (Å²) in [7, 11) is -1.88. The number of para-hydroxylation sites is 1. The van der Waals surface area contributed by atoms with Crippen LogP contribution in [0.25, 0.3) is 0 Å². The number of anilines is 1. The monoisotopic (exact) mass is 397 g/mol.